The van der Waals surface area contributed by atoms with E-state index in [1.54, 1.807) is 6.20 Å². The molecule has 1 aromatic carbocycles. The zero-order valence-corrected chi connectivity index (χ0v) is 20.4. The molecule has 178 valence electrons. The lowest BCUT2D eigenvalue weighted by Gasteiger charge is -2.35. The Labute approximate surface area is 203 Å². The van der Waals surface area contributed by atoms with Crippen LogP contribution < -0.4 is 26.2 Å². The molecule has 9 nitrogen and oxygen atoms in total. The summed E-state index contributed by atoms with van der Waals surface area (Å²) >= 11 is 1.31. The van der Waals surface area contributed by atoms with E-state index in [0.717, 1.165) is 41.5 Å². The highest BCUT2D eigenvalue weighted by Gasteiger charge is 2.24. The van der Waals surface area contributed by atoms with Crippen molar-refractivity contribution in [3.05, 3.63) is 59.5 Å². The minimum atomic E-state index is -0.598. The summed E-state index contributed by atoms with van der Waals surface area (Å²) in [6.07, 6.45) is 3.49. The van der Waals surface area contributed by atoms with E-state index in [1.807, 2.05) is 62.3 Å². The van der Waals surface area contributed by atoms with Gasteiger partial charge in [0.25, 0.3) is 11.8 Å². The third-order valence-electron chi connectivity index (χ3n) is 5.76. The highest BCUT2D eigenvalue weighted by atomic mass is 32.1. The number of hydrogen-bond acceptors (Lipinski definition) is 8. The molecule has 1 atom stereocenters. The van der Waals surface area contributed by atoms with Crippen molar-refractivity contribution in [2.45, 2.75) is 25.8 Å². The zero-order chi connectivity index (χ0) is 24.2. The standard InChI is InChI=1S/C24H29N7O2S/c1-15-11-21(34-29-15)28-20-12-19(13-26-22(20)23(25)32)31-10-4-5-17(14-31)27-24(33)16-6-8-18(9-7-16)30(2)3/h6-9,11-13,17,28H,4-5,10,14H2,1-3H3,(H2,25,32)(H,27,33). The van der Waals surface area contributed by atoms with Gasteiger partial charge in [0.05, 0.1) is 23.3 Å². The number of carbonyl (C=O) groups excluding carboxylic acids is 2. The summed E-state index contributed by atoms with van der Waals surface area (Å²) in [7, 11) is 3.94. The molecule has 2 amide bonds. The van der Waals surface area contributed by atoms with Gasteiger partial charge in [-0.2, -0.15) is 4.37 Å². The molecule has 0 aliphatic carbocycles. The van der Waals surface area contributed by atoms with Crippen molar-refractivity contribution in [1.29, 1.82) is 0 Å². The van der Waals surface area contributed by atoms with Crippen LogP contribution >= 0.6 is 11.5 Å². The monoisotopic (exact) mass is 479 g/mol. The number of nitrogens with one attached hydrogen (secondary N) is 2. The maximum Gasteiger partial charge on any atom is 0.269 e. The number of aromatic nitrogens is 2. The van der Waals surface area contributed by atoms with E-state index in [-0.39, 0.29) is 17.6 Å². The van der Waals surface area contributed by atoms with Crippen molar-refractivity contribution in [2.75, 3.05) is 42.3 Å². The van der Waals surface area contributed by atoms with Gasteiger partial charge >= 0.3 is 0 Å². The Morgan fingerprint density at radius 1 is 1.21 bits per heavy atom. The molecule has 0 saturated carbocycles. The van der Waals surface area contributed by atoms with Crippen LogP contribution in [0.5, 0.6) is 0 Å². The molecule has 34 heavy (non-hydrogen) atoms. The van der Waals surface area contributed by atoms with Crippen molar-refractivity contribution >= 4 is 45.4 Å². The number of pyridine rings is 1. The second kappa shape index (κ2) is 10.1. The van der Waals surface area contributed by atoms with Gasteiger partial charge in [-0.1, -0.05) is 0 Å². The molecule has 4 N–H and O–H groups in total. The molecule has 3 heterocycles. The number of primary amides is 1. The number of rotatable bonds is 7. The fourth-order valence-electron chi connectivity index (χ4n) is 3.98. The van der Waals surface area contributed by atoms with Crippen LogP contribution in [0.2, 0.25) is 0 Å². The van der Waals surface area contributed by atoms with Gasteiger partial charge in [-0.05, 0) is 67.7 Å². The van der Waals surface area contributed by atoms with E-state index in [0.29, 0.717) is 17.8 Å². The van der Waals surface area contributed by atoms with Crippen LogP contribution in [0.15, 0.2) is 42.6 Å². The van der Waals surface area contributed by atoms with Crippen LogP contribution in [0.3, 0.4) is 0 Å². The molecule has 1 aliphatic heterocycles. The Balaban J connectivity index is 1.47. The Morgan fingerprint density at radius 2 is 1.97 bits per heavy atom. The number of nitrogens with two attached hydrogens (primary N) is 1. The van der Waals surface area contributed by atoms with Crippen LogP contribution in [0.4, 0.5) is 22.1 Å². The maximum atomic E-state index is 12.8. The highest BCUT2D eigenvalue weighted by molar-refractivity contribution is 7.10. The van der Waals surface area contributed by atoms with E-state index in [1.165, 1.54) is 11.5 Å². The Morgan fingerprint density at radius 3 is 2.62 bits per heavy atom. The average Bonchev–Trinajstić information content (AvgIpc) is 3.23. The van der Waals surface area contributed by atoms with Crippen LogP contribution in [-0.2, 0) is 0 Å². The van der Waals surface area contributed by atoms with E-state index >= 15 is 0 Å². The fourth-order valence-corrected chi connectivity index (χ4v) is 4.66. The first kappa shape index (κ1) is 23.5. The number of benzene rings is 1. The molecule has 3 aromatic rings. The predicted octanol–water partition coefficient (Wildman–Crippen LogP) is 3.15. The first-order valence-corrected chi connectivity index (χ1v) is 11.9. The van der Waals surface area contributed by atoms with Gasteiger partial charge in [-0.15, -0.1) is 0 Å². The summed E-state index contributed by atoms with van der Waals surface area (Å²) in [6, 6.07) is 11.4. The van der Waals surface area contributed by atoms with E-state index in [2.05, 4.69) is 24.9 Å². The van der Waals surface area contributed by atoms with Gasteiger partial charge in [0.2, 0.25) is 0 Å². The lowest BCUT2D eigenvalue weighted by molar-refractivity contribution is 0.0932. The maximum absolute atomic E-state index is 12.8. The molecule has 4 rings (SSSR count). The van der Waals surface area contributed by atoms with Gasteiger partial charge in [-0.25, -0.2) is 4.98 Å². The normalized spacial score (nSPS) is 15.6. The number of anilines is 4. The SMILES string of the molecule is Cc1cc(Nc2cc(N3CCCC(NC(=O)c4ccc(N(C)C)cc4)C3)cnc2C(N)=O)sn1. The predicted molar refractivity (Wildman–Crippen MR) is 136 cm³/mol. The van der Waals surface area contributed by atoms with E-state index in [4.69, 9.17) is 5.73 Å². The number of carbonyl (C=O) groups is 2. The molecule has 1 unspecified atom stereocenters. The number of piperidine rings is 1. The smallest absolute Gasteiger partial charge is 0.269 e. The van der Waals surface area contributed by atoms with Crippen molar-refractivity contribution in [3.63, 3.8) is 0 Å². The summed E-state index contributed by atoms with van der Waals surface area (Å²) in [4.78, 5) is 33.2. The van der Waals surface area contributed by atoms with Crippen molar-refractivity contribution in [3.8, 4) is 0 Å². The van der Waals surface area contributed by atoms with Crippen molar-refractivity contribution in [2.24, 2.45) is 5.73 Å². The second-order valence-electron chi connectivity index (χ2n) is 8.61. The van der Waals surface area contributed by atoms with Gasteiger partial charge in [0.15, 0.2) is 5.69 Å². The zero-order valence-electron chi connectivity index (χ0n) is 19.5. The number of aryl methyl sites for hydroxylation is 1. The van der Waals surface area contributed by atoms with Crippen LogP contribution in [0.1, 0.15) is 39.4 Å². The van der Waals surface area contributed by atoms with Crippen LogP contribution in [0.25, 0.3) is 0 Å². The quantitative estimate of drug-likeness (QED) is 0.477. The molecular weight excluding hydrogens is 450 g/mol. The third kappa shape index (κ3) is 5.45. The summed E-state index contributed by atoms with van der Waals surface area (Å²) in [5, 5.41) is 7.19. The van der Waals surface area contributed by atoms with E-state index < -0.39 is 5.91 Å². The number of hydrogen-bond donors (Lipinski definition) is 3. The first-order chi connectivity index (χ1) is 16.3. The van der Waals surface area contributed by atoms with Crippen LogP contribution in [0, 0.1) is 6.92 Å². The Bertz CT molecular complexity index is 1180. The molecule has 1 saturated heterocycles. The molecule has 2 aromatic heterocycles. The molecule has 0 bridgehead atoms. The minimum Gasteiger partial charge on any atom is -0.378 e. The largest absolute Gasteiger partial charge is 0.378 e. The molecule has 10 heteroatoms. The van der Waals surface area contributed by atoms with Gasteiger partial charge < -0.3 is 26.2 Å². The first-order valence-electron chi connectivity index (χ1n) is 11.1. The molecule has 1 fully saturated rings. The van der Waals surface area contributed by atoms with E-state index in [9.17, 15) is 9.59 Å². The molecule has 0 radical (unpaired) electrons. The number of amides is 2. The minimum absolute atomic E-state index is 0.00569. The van der Waals surface area contributed by atoms with Gasteiger partial charge in [0.1, 0.15) is 5.00 Å². The summed E-state index contributed by atoms with van der Waals surface area (Å²) in [5.74, 6) is -0.679. The van der Waals surface area contributed by atoms with Gasteiger partial charge in [0, 0.05) is 44.5 Å². The lowest BCUT2D eigenvalue weighted by atomic mass is 10.0. The topological polar surface area (TPSA) is 116 Å². The molecular formula is C24H29N7O2S. The Hall–Kier alpha value is -3.66. The Kier molecular flexibility index (Phi) is 6.97. The van der Waals surface area contributed by atoms with Crippen LogP contribution in [-0.4, -0.2) is 54.4 Å². The van der Waals surface area contributed by atoms with Gasteiger partial charge in [-0.3, -0.25) is 9.59 Å². The fraction of sp³-hybridized carbons (Fsp3) is 0.333. The summed E-state index contributed by atoms with van der Waals surface area (Å²) < 4.78 is 4.26. The lowest BCUT2D eigenvalue weighted by Crippen LogP contribution is -2.47. The second-order valence-corrected chi connectivity index (χ2v) is 9.42. The average molecular weight is 480 g/mol. The highest BCUT2D eigenvalue weighted by Crippen LogP contribution is 2.28. The molecule has 1 aliphatic rings. The van der Waals surface area contributed by atoms with Crippen molar-refractivity contribution < 1.29 is 9.59 Å². The third-order valence-corrected chi connectivity index (χ3v) is 6.56. The summed E-state index contributed by atoms with van der Waals surface area (Å²) in [6.45, 7) is 3.39. The summed E-state index contributed by atoms with van der Waals surface area (Å²) in [5.41, 5.74) is 9.71. The molecule has 0 spiro atoms. The number of nitrogens with zero attached hydrogens (tertiary/aromatic N) is 4. The van der Waals surface area contributed by atoms with Crippen molar-refractivity contribution in [1.82, 2.24) is 14.7 Å².